The van der Waals surface area contributed by atoms with Gasteiger partial charge in [-0.15, -0.1) is 0 Å². The maximum absolute atomic E-state index is 5.86. The first kappa shape index (κ1) is 11.4. The lowest BCUT2D eigenvalue weighted by Crippen LogP contribution is -2.45. The van der Waals surface area contributed by atoms with Crippen LogP contribution >= 0.6 is 0 Å². The fourth-order valence-corrected chi connectivity index (χ4v) is 2.82. The molecule has 2 aliphatic rings. The molecular formula is C13H25NO. The summed E-state index contributed by atoms with van der Waals surface area (Å²) in [6.07, 6.45) is 7.49. The number of nitrogens with one attached hydrogen (secondary N) is 1. The number of ether oxygens (including phenoxy) is 1. The van der Waals surface area contributed by atoms with Crippen molar-refractivity contribution in [1.29, 1.82) is 0 Å². The van der Waals surface area contributed by atoms with Gasteiger partial charge in [0, 0.05) is 12.6 Å². The standard InChI is InChI=1S/C13H25NO/c1-10-3-5-12(6-4-10)7-13-8-14-11(2)9-15-13/h10-14H,3-9H2,1-2H3. The lowest BCUT2D eigenvalue weighted by atomic mass is 9.80. The van der Waals surface area contributed by atoms with E-state index < -0.39 is 0 Å². The van der Waals surface area contributed by atoms with E-state index in [0.29, 0.717) is 12.1 Å². The predicted molar refractivity (Wildman–Crippen MR) is 62.9 cm³/mol. The molecule has 1 saturated heterocycles. The number of rotatable bonds is 2. The molecule has 2 nitrogen and oxygen atoms in total. The SMILES string of the molecule is CC1CCC(CC2CNC(C)CO2)CC1. The Hall–Kier alpha value is -0.0800. The van der Waals surface area contributed by atoms with Gasteiger partial charge in [-0.3, -0.25) is 0 Å². The van der Waals surface area contributed by atoms with E-state index in [9.17, 15) is 0 Å². The van der Waals surface area contributed by atoms with Crippen molar-refractivity contribution in [3.8, 4) is 0 Å². The van der Waals surface area contributed by atoms with Crippen LogP contribution in [0.4, 0.5) is 0 Å². The summed E-state index contributed by atoms with van der Waals surface area (Å²) in [6, 6.07) is 0.549. The highest BCUT2D eigenvalue weighted by Gasteiger charge is 2.24. The van der Waals surface area contributed by atoms with Crippen molar-refractivity contribution in [2.45, 2.75) is 58.1 Å². The Labute approximate surface area is 93.8 Å². The summed E-state index contributed by atoms with van der Waals surface area (Å²) >= 11 is 0. The van der Waals surface area contributed by atoms with Crippen molar-refractivity contribution in [3.63, 3.8) is 0 Å². The normalized spacial score (nSPS) is 42.8. The third-order valence-electron chi connectivity index (χ3n) is 4.01. The molecule has 0 spiro atoms. The predicted octanol–water partition coefficient (Wildman–Crippen LogP) is 2.58. The fraction of sp³-hybridized carbons (Fsp3) is 1.00. The fourth-order valence-electron chi connectivity index (χ4n) is 2.82. The molecule has 1 aliphatic carbocycles. The second-order valence-electron chi connectivity index (χ2n) is 5.63. The molecule has 0 amide bonds. The summed E-state index contributed by atoms with van der Waals surface area (Å²) in [4.78, 5) is 0. The molecule has 1 saturated carbocycles. The van der Waals surface area contributed by atoms with Gasteiger partial charge in [-0.2, -0.15) is 0 Å². The van der Waals surface area contributed by atoms with E-state index in [-0.39, 0.29) is 0 Å². The summed E-state index contributed by atoms with van der Waals surface area (Å²) in [5, 5.41) is 3.51. The Morgan fingerprint density at radius 1 is 1.13 bits per heavy atom. The lowest BCUT2D eigenvalue weighted by Gasteiger charge is -2.33. The van der Waals surface area contributed by atoms with Crippen LogP contribution in [0.2, 0.25) is 0 Å². The number of hydrogen-bond acceptors (Lipinski definition) is 2. The Balaban J connectivity index is 1.68. The maximum atomic E-state index is 5.86. The van der Waals surface area contributed by atoms with Gasteiger partial charge in [0.25, 0.3) is 0 Å². The number of morpholine rings is 1. The molecule has 2 atom stereocenters. The molecule has 1 aliphatic heterocycles. The first-order valence-electron chi connectivity index (χ1n) is 6.59. The van der Waals surface area contributed by atoms with Crippen molar-refractivity contribution >= 4 is 0 Å². The third kappa shape index (κ3) is 3.46. The van der Waals surface area contributed by atoms with Gasteiger partial charge in [-0.1, -0.05) is 32.6 Å². The molecule has 88 valence electrons. The summed E-state index contributed by atoms with van der Waals surface area (Å²) in [5.74, 6) is 1.90. The number of hydrogen-bond donors (Lipinski definition) is 1. The molecule has 0 aromatic rings. The first-order chi connectivity index (χ1) is 7.24. The van der Waals surface area contributed by atoms with Gasteiger partial charge in [0.1, 0.15) is 0 Å². The zero-order chi connectivity index (χ0) is 10.7. The summed E-state index contributed by atoms with van der Waals surface area (Å²) < 4.78 is 5.86. The van der Waals surface area contributed by atoms with Crippen molar-refractivity contribution in [2.24, 2.45) is 11.8 Å². The van der Waals surface area contributed by atoms with Crippen LogP contribution < -0.4 is 5.32 Å². The van der Waals surface area contributed by atoms with Crippen LogP contribution in [0, 0.1) is 11.8 Å². The van der Waals surface area contributed by atoms with E-state index in [4.69, 9.17) is 4.74 Å². The smallest absolute Gasteiger partial charge is 0.0703 e. The van der Waals surface area contributed by atoms with Crippen LogP contribution in [0.3, 0.4) is 0 Å². The molecule has 0 bridgehead atoms. The van der Waals surface area contributed by atoms with Crippen molar-refractivity contribution < 1.29 is 4.74 Å². The van der Waals surface area contributed by atoms with Crippen molar-refractivity contribution in [1.82, 2.24) is 5.32 Å². The highest BCUT2D eigenvalue weighted by atomic mass is 16.5. The molecule has 2 heteroatoms. The van der Waals surface area contributed by atoms with Crippen LogP contribution in [0.1, 0.15) is 46.0 Å². The van der Waals surface area contributed by atoms with Crippen LogP contribution in [0.25, 0.3) is 0 Å². The second-order valence-corrected chi connectivity index (χ2v) is 5.63. The molecule has 0 radical (unpaired) electrons. The van der Waals surface area contributed by atoms with Crippen molar-refractivity contribution in [3.05, 3.63) is 0 Å². The Morgan fingerprint density at radius 2 is 1.87 bits per heavy atom. The average molecular weight is 211 g/mol. The zero-order valence-electron chi connectivity index (χ0n) is 10.2. The quantitative estimate of drug-likeness (QED) is 0.758. The minimum Gasteiger partial charge on any atom is -0.375 e. The minimum atomic E-state index is 0.486. The van der Waals surface area contributed by atoms with E-state index in [0.717, 1.165) is 25.0 Å². The monoisotopic (exact) mass is 211 g/mol. The molecule has 0 aromatic carbocycles. The van der Waals surface area contributed by atoms with Crippen LogP contribution in [0.5, 0.6) is 0 Å². The molecule has 2 fully saturated rings. The molecule has 15 heavy (non-hydrogen) atoms. The minimum absolute atomic E-state index is 0.486. The molecule has 1 heterocycles. The largest absolute Gasteiger partial charge is 0.375 e. The topological polar surface area (TPSA) is 21.3 Å². The summed E-state index contributed by atoms with van der Waals surface area (Å²) in [7, 11) is 0. The van der Waals surface area contributed by atoms with Gasteiger partial charge in [-0.25, -0.2) is 0 Å². The lowest BCUT2D eigenvalue weighted by molar-refractivity contribution is -0.00910. The van der Waals surface area contributed by atoms with Crippen LogP contribution in [0.15, 0.2) is 0 Å². The summed E-state index contributed by atoms with van der Waals surface area (Å²) in [5.41, 5.74) is 0. The van der Waals surface area contributed by atoms with Gasteiger partial charge in [0.2, 0.25) is 0 Å². The zero-order valence-corrected chi connectivity index (χ0v) is 10.2. The molecule has 2 rings (SSSR count). The molecule has 2 unspecified atom stereocenters. The second kappa shape index (κ2) is 5.31. The maximum Gasteiger partial charge on any atom is 0.0703 e. The van der Waals surface area contributed by atoms with E-state index in [1.54, 1.807) is 0 Å². The average Bonchev–Trinajstić information content (AvgIpc) is 2.25. The Morgan fingerprint density at radius 3 is 2.47 bits per heavy atom. The summed E-state index contributed by atoms with van der Waals surface area (Å²) in [6.45, 7) is 6.54. The highest BCUT2D eigenvalue weighted by Crippen LogP contribution is 2.31. The van der Waals surface area contributed by atoms with Gasteiger partial charge < -0.3 is 10.1 Å². The molecular weight excluding hydrogens is 186 g/mol. The Kier molecular flexibility index (Phi) is 4.04. The van der Waals surface area contributed by atoms with E-state index >= 15 is 0 Å². The van der Waals surface area contributed by atoms with Crippen LogP contribution in [-0.4, -0.2) is 25.3 Å². The molecule has 0 aromatic heterocycles. The van der Waals surface area contributed by atoms with Gasteiger partial charge in [0.05, 0.1) is 12.7 Å². The highest BCUT2D eigenvalue weighted by molar-refractivity contribution is 4.78. The van der Waals surface area contributed by atoms with Gasteiger partial charge in [0.15, 0.2) is 0 Å². The van der Waals surface area contributed by atoms with E-state index in [2.05, 4.69) is 19.2 Å². The molecule has 1 N–H and O–H groups in total. The first-order valence-corrected chi connectivity index (χ1v) is 6.59. The van der Waals surface area contributed by atoms with Gasteiger partial charge in [-0.05, 0) is 25.2 Å². The van der Waals surface area contributed by atoms with E-state index in [1.165, 1.54) is 32.1 Å². The van der Waals surface area contributed by atoms with Gasteiger partial charge >= 0.3 is 0 Å². The Bertz CT molecular complexity index is 159. The van der Waals surface area contributed by atoms with E-state index in [1.807, 2.05) is 0 Å². The third-order valence-corrected chi connectivity index (χ3v) is 4.01. The van der Waals surface area contributed by atoms with Crippen LogP contribution in [-0.2, 0) is 4.74 Å². The van der Waals surface area contributed by atoms with Crippen molar-refractivity contribution in [2.75, 3.05) is 13.2 Å².